The van der Waals surface area contributed by atoms with Gasteiger partial charge in [0.05, 0.1) is 11.6 Å². The van der Waals surface area contributed by atoms with E-state index in [4.69, 9.17) is 4.74 Å². The average molecular weight is 317 g/mol. The van der Waals surface area contributed by atoms with Crippen LogP contribution in [0.4, 0.5) is 17.6 Å². The fourth-order valence-electron chi connectivity index (χ4n) is 1.19. The first-order chi connectivity index (χ1) is 7.80. The molecule has 1 atom stereocenters. The molecule has 0 spiro atoms. The lowest BCUT2D eigenvalue weighted by atomic mass is 10.0. The highest BCUT2D eigenvalue weighted by atomic mass is 79.9. The number of hydrogen-bond acceptors (Lipinski definition) is 2. The number of hydrogen-bond donors (Lipinski definition) is 1. The largest absolute Gasteiger partial charge is 0.496 e. The Labute approximate surface area is 103 Å². The first kappa shape index (κ1) is 14.2. The van der Waals surface area contributed by atoms with E-state index in [1.165, 1.54) is 13.2 Å². The van der Waals surface area contributed by atoms with Gasteiger partial charge in [-0.3, -0.25) is 0 Å². The van der Waals surface area contributed by atoms with Gasteiger partial charge in [0.1, 0.15) is 11.9 Å². The zero-order valence-electron chi connectivity index (χ0n) is 8.63. The van der Waals surface area contributed by atoms with E-state index in [-0.39, 0.29) is 5.56 Å². The van der Waals surface area contributed by atoms with E-state index < -0.39 is 18.5 Å². The van der Waals surface area contributed by atoms with Gasteiger partial charge in [0.2, 0.25) is 0 Å². The predicted molar refractivity (Wildman–Crippen MR) is 56.6 cm³/mol. The van der Waals surface area contributed by atoms with Crippen LogP contribution in [0, 0.1) is 0 Å². The summed E-state index contributed by atoms with van der Waals surface area (Å²) < 4.78 is 55.0. The van der Waals surface area contributed by atoms with Crippen LogP contribution in [0.2, 0.25) is 0 Å². The van der Waals surface area contributed by atoms with Crippen LogP contribution in [0.5, 0.6) is 5.75 Å². The minimum absolute atomic E-state index is 0.293. The molecule has 1 unspecified atom stereocenters. The Bertz CT molecular complexity index is 398. The maximum Gasteiger partial charge on any atom is 0.336 e. The SMILES string of the molecule is COc1ccc(C(O)C(F)(F)C(F)F)cc1Br. The zero-order valence-corrected chi connectivity index (χ0v) is 10.2. The van der Waals surface area contributed by atoms with Crippen molar-refractivity contribution in [3.05, 3.63) is 28.2 Å². The minimum atomic E-state index is -4.49. The number of ether oxygens (including phenoxy) is 1. The number of aliphatic hydroxyl groups excluding tert-OH is 1. The summed E-state index contributed by atoms with van der Waals surface area (Å²) in [5, 5.41) is 9.22. The van der Waals surface area contributed by atoms with Crippen molar-refractivity contribution in [2.45, 2.75) is 18.5 Å². The van der Waals surface area contributed by atoms with E-state index in [1.54, 1.807) is 0 Å². The van der Waals surface area contributed by atoms with Crippen molar-refractivity contribution in [2.24, 2.45) is 0 Å². The summed E-state index contributed by atoms with van der Waals surface area (Å²) in [5.74, 6) is -4.14. The first-order valence-corrected chi connectivity index (χ1v) is 5.27. The zero-order chi connectivity index (χ0) is 13.2. The van der Waals surface area contributed by atoms with E-state index >= 15 is 0 Å². The van der Waals surface area contributed by atoms with Crippen LogP contribution in [0.15, 0.2) is 22.7 Å². The second kappa shape index (κ2) is 5.22. The van der Waals surface area contributed by atoms with Crippen molar-refractivity contribution in [1.82, 2.24) is 0 Å². The van der Waals surface area contributed by atoms with Gasteiger partial charge < -0.3 is 9.84 Å². The predicted octanol–water partition coefficient (Wildman–Crippen LogP) is 3.39. The molecule has 0 bridgehead atoms. The highest BCUT2D eigenvalue weighted by Gasteiger charge is 2.48. The van der Waals surface area contributed by atoms with Crippen LogP contribution >= 0.6 is 15.9 Å². The summed E-state index contributed by atoms with van der Waals surface area (Å²) in [4.78, 5) is 0. The van der Waals surface area contributed by atoms with Crippen molar-refractivity contribution < 1.29 is 27.4 Å². The quantitative estimate of drug-likeness (QED) is 0.863. The maximum atomic E-state index is 12.9. The first-order valence-electron chi connectivity index (χ1n) is 4.48. The maximum absolute atomic E-state index is 12.9. The standard InChI is InChI=1S/C10H9BrF4O2/c1-17-7-3-2-5(4-6(7)11)8(16)10(14,15)9(12)13/h2-4,8-9,16H,1H3. The van der Waals surface area contributed by atoms with Crippen LogP contribution in [-0.2, 0) is 0 Å². The van der Waals surface area contributed by atoms with Crippen molar-refractivity contribution in [2.75, 3.05) is 7.11 Å². The van der Waals surface area contributed by atoms with Crippen molar-refractivity contribution in [1.29, 1.82) is 0 Å². The van der Waals surface area contributed by atoms with Gasteiger partial charge in [-0.15, -0.1) is 0 Å². The monoisotopic (exact) mass is 316 g/mol. The third-order valence-electron chi connectivity index (χ3n) is 2.15. The van der Waals surface area contributed by atoms with Crippen molar-refractivity contribution in [3.63, 3.8) is 0 Å². The van der Waals surface area contributed by atoms with Crippen LogP contribution in [-0.4, -0.2) is 24.6 Å². The van der Waals surface area contributed by atoms with E-state index in [9.17, 15) is 22.7 Å². The normalized spacial score (nSPS) is 13.9. The van der Waals surface area contributed by atoms with Gasteiger partial charge in [-0.05, 0) is 33.6 Å². The summed E-state index contributed by atoms with van der Waals surface area (Å²) in [6, 6.07) is 3.51. The third-order valence-corrected chi connectivity index (χ3v) is 2.77. The lowest BCUT2D eigenvalue weighted by Crippen LogP contribution is -2.34. The van der Waals surface area contributed by atoms with Gasteiger partial charge in [-0.1, -0.05) is 6.07 Å². The molecule has 0 aliphatic carbocycles. The molecule has 7 heteroatoms. The van der Waals surface area contributed by atoms with Gasteiger partial charge in [-0.25, -0.2) is 8.78 Å². The molecule has 0 amide bonds. The molecule has 1 N–H and O–H groups in total. The second-order valence-corrected chi connectivity index (χ2v) is 4.13. The number of methoxy groups -OCH3 is 1. The molecule has 96 valence electrons. The van der Waals surface area contributed by atoms with E-state index in [0.717, 1.165) is 12.1 Å². The number of rotatable bonds is 4. The smallest absolute Gasteiger partial charge is 0.336 e. The van der Waals surface area contributed by atoms with E-state index in [1.807, 2.05) is 0 Å². The molecule has 0 heterocycles. The number of halogens is 5. The van der Waals surface area contributed by atoms with Gasteiger partial charge in [0, 0.05) is 0 Å². The van der Waals surface area contributed by atoms with Crippen LogP contribution in [0.1, 0.15) is 11.7 Å². The fraction of sp³-hybridized carbons (Fsp3) is 0.400. The molecule has 1 rings (SSSR count). The van der Waals surface area contributed by atoms with Crippen LogP contribution in [0.3, 0.4) is 0 Å². The van der Waals surface area contributed by atoms with Crippen molar-refractivity contribution >= 4 is 15.9 Å². The Morgan fingerprint density at radius 1 is 1.35 bits per heavy atom. The topological polar surface area (TPSA) is 29.5 Å². The van der Waals surface area contributed by atoms with Crippen LogP contribution in [0.25, 0.3) is 0 Å². The molecule has 0 aromatic heterocycles. The lowest BCUT2D eigenvalue weighted by molar-refractivity contribution is -0.193. The Morgan fingerprint density at radius 3 is 2.35 bits per heavy atom. The number of benzene rings is 1. The highest BCUT2D eigenvalue weighted by Crippen LogP contribution is 2.38. The Hall–Kier alpha value is -0.820. The van der Waals surface area contributed by atoms with Crippen LogP contribution < -0.4 is 4.74 Å². The molecular weight excluding hydrogens is 308 g/mol. The van der Waals surface area contributed by atoms with Gasteiger partial charge in [-0.2, -0.15) is 8.78 Å². The highest BCUT2D eigenvalue weighted by molar-refractivity contribution is 9.10. The molecule has 0 aliphatic heterocycles. The average Bonchev–Trinajstić information content (AvgIpc) is 2.27. The van der Waals surface area contributed by atoms with Gasteiger partial charge >= 0.3 is 12.3 Å². The molecule has 17 heavy (non-hydrogen) atoms. The van der Waals surface area contributed by atoms with Gasteiger partial charge in [0.25, 0.3) is 0 Å². The molecule has 2 nitrogen and oxygen atoms in total. The summed E-state index contributed by atoms with van der Waals surface area (Å²) in [7, 11) is 1.37. The molecule has 0 aliphatic rings. The summed E-state index contributed by atoms with van der Waals surface area (Å²) in [5.41, 5.74) is -0.317. The summed E-state index contributed by atoms with van der Waals surface area (Å²) in [6.07, 6.45) is -6.50. The summed E-state index contributed by atoms with van der Waals surface area (Å²) in [6.45, 7) is 0. The van der Waals surface area contributed by atoms with Crippen molar-refractivity contribution in [3.8, 4) is 5.75 Å². The molecule has 0 saturated carbocycles. The Balaban J connectivity index is 3.05. The molecular formula is C10H9BrF4O2. The van der Waals surface area contributed by atoms with E-state index in [0.29, 0.717) is 10.2 Å². The van der Waals surface area contributed by atoms with Gasteiger partial charge in [0.15, 0.2) is 0 Å². The number of aliphatic hydroxyl groups is 1. The fourth-order valence-corrected chi connectivity index (χ4v) is 1.75. The molecule has 1 aromatic carbocycles. The molecule has 0 saturated heterocycles. The molecule has 1 aromatic rings. The second-order valence-electron chi connectivity index (χ2n) is 3.27. The Kier molecular flexibility index (Phi) is 4.37. The Morgan fingerprint density at radius 2 is 1.94 bits per heavy atom. The number of alkyl halides is 4. The minimum Gasteiger partial charge on any atom is -0.496 e. The molecule has 0 fully saturated rings. The summed E-state index contributed by atoms with van der Waals surface area (Å²) >= 11 is 3.01. The van der Waals surface area contributed by atoms with E-state index in [2.05, 4.69) is 15.9 Å². The molecule has 0 radical (unpaired) electrons. The third kappa shape index (κ3) is 2.90. The lowest BCUT2D eigenvalue weighted by Gasteiger charge is -2.22.